The van der Waals surface area contributed by atoms with Crippen LogP contribution in [-0.2, 0) is 9.59 Å². The van der Waals surface area contributed by atoms with Crippen LogP contribution >= 0.6 is 23.2 Å². The molecule has 2 atom stereocenters. The van der Waals surface area contributed by atoms with E-state index >= 15 is 0 Å². The van der Waals surface area contributed by atoms with Crippen molar-refractivity contribution in [2.75, 3.05) is 6.61 Å². The first-order valence-corrected chi connectivity index (χ1v) is 11.8. The van der Waals surface area contributed by atoms with Crippen LogP contribution in [0, 0.1) is 5.82 Å². The van der Waals surface area contributed by atoms with Crippen molar-refractivity contribution in [1.29, 1.82) is 0 Å². The number of amides is 2. The van der Waals surface area contributed by atoms with Gasteiger partial charge >= 0.3 is 0 Å². The van der Waals surface area contributed by atoms with Gasteiger partial charge in [0.05, 0.1) is 11.1 Å². The van der Waals surface area contributed by atoms with Crippen LogP contribution in [-0.4, -0.2) is 40.7 Å². The molecule has 34 heavy (non-hydrogen) atoms. The molecule has 3 saturated carbocycles. The van der Waals surface area contributed by atoms with Crippen LogP contribution in [0.15, 0.2) is 36.4 Å². The number of rotatable bonds is 6. The Labute approximate surface area is 205 Å². The van der Waals surface area contributed by atoms with Crippen molar-refractivity contribution in [3.8, 4) is 11.5 Å². The second kappa shape index (κ2) is 8.59. The Morgan fingerprint density at radius 2 is 1.85 bits per heavy atom. The van der Waals surface area contributed by atoms with Crippen molar-refractivity contribution < 1.29 is 28.6 Å². The van der Waals surface area contributed by atoms with Gasteiger partial charge in [0, 0.05) is 34.2 Å². The molecule has 0 radical (unpaired) electrons. The maximum atomic E-state index is 13.5. The SMILES string of the molecule is O=C(COc1ccc(Cl)c(F)c1)NC12CCC(NC(=O)[C@H]3C[C@@H](O)c4cc(Cl)ccc4O3)(C1)C2. The standard InChI is InChI=1S/C24H23Cl2FN2O5/c25-13-1-4-19-15(7-13)18(30)9-20(34-19)22(32)29-24-6-5-23(11-24,12-24)28-21(31)10-33-14-2-3-16(26)17(27)8-14/h1-4,7-8,18,20,30H,5-6,9-12H2,(H,28,31)(H,29,32)/t18-,20-,23?,24?/m1/s1. The molecule has 0 aromatic heterocycles. The third-order valence-electron chi connectivity index (χ3n) is 6.82. The summed E-state index contributed by atoms with van der Waals surface area (Å²) in [5.41, 5.74) is -0.224. The zero-order valence-corrected chi connectivity index (χ0v) is 19.6. The number of carbonyl (C=O) groups excluding carboxylic acids is 2. The predicted octanol–water partition coefficient (Wildman–Crippen LogP) is 3.69. The summed E-state index contributed by atoms with van der Waals surface area (Å²) in [6, 6.07) is 8.93. The van der Waals surface area contributed by atoms with Gasteiger partial charge in [-0.3, -0.25) is 9.59 Å². The minimum Gasteiger partial charge on any atom is -0.484 e. The summed E-state index contributed by atoms with van der Waals surface area (Å²) in [4.78, 5) is 25.3. The van der Waals surface area contributed by atoms with E-state index in [2.05, 4.69) is 10.6 Å². The van der Waals surface area contributed by atoms with Gasteiger partial charge in [-0.25, -0.2) is 4.39 Å². The Kier molecular flexibility index (Phi) is 5.86. The molecule has 2 aromatic carbocycles. The van der Waals surface area contributed by atoms with Crippen molar-refractivity contribution in [3.05, 3.63) is 57.8 Å². The summed E-state index contributed by atoms with van der Waals surface area (Å²) < 4.78 is 24.7. The van der Waals surface area contributed by atoms with Crippen LogP contribution < -0.4 is 20.1 Å². The van der Waals surface area contributed by atoms with Gasteiger partial charge in [0.2, 0.25) is 0 Å². The van der Waals surface area contributed by atoms with Gasteiger partial charge < -0.3 is 25.2 Å². The monoisotopic (exact) mass is 508 g/mol. The molecular formula is C24H23Cl2FN2O5. The fourth-order valence-corrected chi connectivity index (χ4v) is 5.64. The second-order valence-corrected chi connectivity index (χ2v) is 10.2. The predicted molar refractivity (Wildman–Crippen MR) is 123 cm³/mol. The van der Waals surface area contributed by atoms with Crippen molar-refractivity contribution in [3.63, 3.8) is 0 Å². The average molecular weight is 509 g/mol. The Hall–Kier alpha value is -2.55. The van der Waals surface area contributed by atoms with E-state index in [0.29, 0.717) is 29.2 Å². The van der Waals surface area contributed by atoms with Gasteiger partial charge in [0.1, 0.15) is 17.3 Å². The van der Waals surface area contributed by atoms with E-state index in [-0.39, 0.29) is 35.6 Å². The molecule has 6 rings (SSSR count). The number of aliphatic hydroxyl groups excluding tert-OH is 1. The number of hydrogen-bond acceptors (Lipinski definition) is 5. The molecule has 2 aromatic rings. The molecule has 0 unspecified atom stereocenters. The largest absolute Gasteiger partial charge is 0.484 e. The zero-order valence-electron chi connectivity index (χ0n) is 18.1. The molecule has 2 bridgehead atoms. The summed E-state index contributed by atoms with van der Waals surface area (Å²) in [7, 11) is 0. The van der Waals surface area contributed by atoms with E-state index in [4.69, 9.17) is 32.7 Å². The third kappa shape index (κ3) is 4.42. The number of fused-ring (bicyclic) bond motifs is 2. The minimum absolute atomic E-state index is 0.0174. The lowest BCUT2D eigenvalue weighted by Gasteiger charge is -2.48. The normalized spacial score (nSPS) is 28.8. The van der Waals surface area contributed by atoms with Gasteiger partial charge in [0.25, 0.3) is 11.8 Å². The van der Waals surface area contributed by atoms with E-state index in [0.717, 1.165) is 18.9 Å². The molecule has 0 spiro atoms. The number of benzene rings is 2. The van der Waals surface area contributed by atoms with Crippen molar-refractivity contribution >= 4 is 35.0 Å². The number of aliphatic hydroxyl groups is 1. The first kappa shape index (κ1) is 23.2. The van der Waals surface area contributed by atoms with Crippen LogP contribution in [0.5, 0.6) is 11.5 Å². The second-order valence-electron chi connectivity index (χ2n) is 9.36. The molecule has 4 aliphatic rings. The van der Waals surface area contributed by atoms with Gasteiger partial charge in [-0.05, 0) is 56.0 Å². The summed E-state index contributed by atoms with van der Waals surface area (Å²) in [6.45, 7) is -0.251. The molecule has 180 valence electrons. The Morgan fingerprint density at radius 3 is 2.59 bits per heavy atom. The van der Waals surface area contributed by atoms with Crippen molar-refractivity contribution in [2.45, 2.75) is 55.4 Å². The van der Waals surface area contributed by atoms with E-state index in [1.807, 2.05) is 0 Å². The molecule has 1 heterocycles. The maximum absolute atomic E-state index is 13.5. The first-order valence-electron chi connectivity index (χ1n) is 11.0. The maximum Gasteiger partial charge on any atom is 0.261 e. The van der Waals surface area contributed by atoms with Crippen LogP contribution in [0.3, 0.4) is 0 Å². The molecule has 1 aliphatic heterocycles. The van der Waals surface area contributed by atoms with Gasteiger partial charge in [-0.2, -0.15) is 0 Å². The van der Waals surface area contributed by atoms with Gasteiger partial charge in [-0.15, -0.1) is 0 Å². The van der Waals surface area contributed by atoms with Crippen molar-refractivity contribution in [1.82, 2.24) is 10.6 Å². The quantitative estimate of drug-likeness (QED) is 0.552. The summed E-state index contributed by atoms with van der Waals surface area (Å²) in [5.74, 6) is -0.547. The van der Waals surface area contributed by atoms with Crippen LogP contribution in [0.25, 0.3) is 0 Å². The molecular weight excluding hydrogens is 486 g/mol. The fourth-order valence-electron chi connectivity index (χ4n) is 5.35. The molecule has 7 nitrogen and oxygen atoms in total. The number of halogens is 3. The Balaban J connectivity index is 1.13. The topological polar surface area (TPSA) is 96.9 Å². The van der Waals surface area contributed by atoms with Gasteiger partial charge in [0.15, 0.2) is 12.7 Å². The molecule has 10 heteroatoms. The highest BCUT2D eigenvalue weighted by Crippen LogP contribution is 2.55. The molecule has 0 saturated heterocycles. The Bertz CT molecular complexity index is 1150. The number of carbonyl (C=O) groups is 2. The van der Waals surface area contributed by atoms with E-state index in [9.17, 15) is 19.1 Å². The fraction of sp³-hybridized carbons (Fsp3) is 0.417. The van der Waals surface area contributed by atoms with E-state index in [1.54, 1.807) is 18.2 Å². The summed E-state index contributed by atoms with van der Waals surface area (Å²) >= 11 is 11.6. The smallest absolute Gasteiger partial charge is 0.261 e. The molecule has 2 amide bonds. The average Bonchev–Trinajstić information content (AvgIpc) is 3.29. The zero-order chi connectivity index (χ0) is 24.1. The highest BCUT2D eigenvalue weighted by atomic mass is 35.5. The molecule has 3 fully saturated rings. The van der Waals surface area contributed by atoms with E-state index in [1.165, 1.54) is 12.1 Å². The highest BCUT2D eigenvalue weighted by molar-refractivity contribution is 6.31. The number of ether oxygens (including phenoxy) is 2. The summed E-state index contributed by atoms with van der Waals surface area (Å²) in [6.07, 6.45) is 1.15. The lowest BCUT2D eigenvalue weighted by atomic mass is 9.71. The Morgan fingerprint density at radius 1 is 1.12 bits per heavy atom. The first-order chi connectivity index (χ1) is 16.2. The molecule has 3 N–H and O–H groups in total. The van der Waals surface area contributed by atoms with Crippen LogP contribution in [0.4, 0.5) is 4.39 Å². The van der Waals surface area contributed by atoms with Gasteiger partial charge in [-0.1, -0.05) is 23.2 Å². The van der Waals surface area contributed by atoms with Crippen LogP contribution in [0.1, 0.15) is 43.8 Å². The number of hydrogen-bond donors (Lipinski definition) is 3. The number of nitrogens with one attached hydrogen (secondary N) is 2. The molecule has 3 aliphatic carbocycles. The van der Waals surface area contributed by atoms with Crippen molar-refractivity contribution in [2.24, 2.45) is 0 Å². The van der Waals surface area contributed by atoms with E-state index < -0.39 is 29.1 Å². The summed E-state index contributed by atoms with van der Waals surface area (Å²) in [5, 5.41) is 17.0. The minimum atomic E-state index is -0.840. The lowest BCUT2D eigenvalue weighted by Crippen LogP contribution is -2.66. The third-order valence-corrected chi connectivity index (χ3v) is 7.36. The lowest BCUT2D eigenvalue weighted by molar-refractivity contribution is -0.134. The highest BCUT2D eigenvalue weighted by Gasteiger charge is 2.62. The van der Waals surface area contributed by atoms with Crippen LogP contribution in [0.2, 0.25) is 10.0 Å².